The largest absolute Gasteiger partial charge is 0.480 e. The predicted octanol–water partition coefficient (Wildman–Crippen LogP) is 1.06. The normalized spacial score (nSPS) is 14.0. The summed E-state index contributed by atoms with van der Waals surface area (Å²) in [6.45, 7) is 3.64. The first-order valence-corrected chi connectivity index (χ1v) is 3.86. The molecule has 0 saturated heterocycles. The number of nitrogens with zero attached hydrogens (tertiary/aromatic N) is 1. The molecule has 1 aliphatic heterocycles. The molecule has 1 N–H and O–H groups in total. The van der Waals surface area contributed by atoms with Crippen molar-refractivity contribution in [3.05, 3.63) is 24.4 Å². The molecule has 4 nitrogen and oxygen atoms in total. The van der Waals surface area contributed by atoms with E-state index in [1.54, 1.807) is 18.2 Å². The molecule has 2 rings (SSSR count). The number of hydrogen-bond acceptors (Lipinski definition) is 3. The maximum Gasteiger partial charge on any atom is 0.263 e. The van der Waals surface area contributed by atoms with Gasteiger partial charge in [-0.2, -0.15) is 0 Å². The number of anilines is 1. The summed E-state index contributed by atoms with van der Waals surface area (Å²) < 4.78 is 5.13. The summed E-state index contributed by atoms with van der Waals surface area (Å²) in [6, 6.07) is 3.54. The van der Waals surface area contributed by atoms with Crippen molar-refractivity contribution < 1.29 is 9.53 Å². The lowest BCUT2D eigenvalue weighted by molar-refractivity contribution is -0.118. The quantitative estimate of drug-likeness (QED) is 0.695. The second kappa shape index (κ2) is 2.90. The van der Waals surface area contributed by atoms with E-state index in [4.69, 9.17) is 4.74 Å². The average Bonchev–Trinajstić information content (AvgIpc) is 2.16. The van der Waals surface area contributed by atoms with Crippen LogP contribution in [-0.2, 0) is 4.79 Å². The van der Waals surface area contributed by atoms with Gasteiger partial charge in [0.15, 0.2) is 18.2 Å². The van der Waals surface area contributed by atoms with Gasteiger partial charge in [0.1, 0.15) is 0 Å². The van der Waals surface area contributed by atoms with E-state index in [1.807, 2.05) is 0 Å². The Morgan fingerprint density at radius 2 is 2.46 bits per heavy atom. The maximum absolute atomic E-state index is 10.9. The Balaban J connectivity index is 2.43. The smallest absolute Gasteiger partial charge is 0.263 e. The molecular formula is C9H8N2O2. The minimum absolute atomic E-state index is 0.0577. The van der Waals surface area contributed by atoms with Crippen molar-refractivity contribution in [1.82, 2.24) is 4.98 Å². The number of carbonyl (C=O) groups is 1. The third-order valence-electron chi connectivity index (χ3n) is 1.71. The van der Waals surface area contributed by atoms with E-state index in [2.05, 4.69) is 16.9 Å². The van der Waals surface area contributed by atoms with Gasteiger partial charge in [-0.15, -0.1) is 0 Å². The van der Waals surface area contributed by atoms with Gasteiger partial charge in [0.25, 0.3) is 5.91 Å². The molecule has 1 aliphatic rings. The van der Waals surface area contributed by atoms with Crippen molar-refractivity contribution in [2.45, 2.75) is 0 Å². The molecule has 0 aliphatic carbocycles. The number of ether oxygens (including phenoxy) is 1. The first-order chi connectivity index (χ1) is 6.29. The van der Waals surface area contributed by atoms with Crippen LogP contribution in [0.25, 0.3) is 6.08 Å². The van der Waals surface area contributed by atoms with E-state index in [0.717, 1.165) is 0 Å². The van der Waals surface area contributed by atoms with E-state index in [1.165, 1.54) is 0 Å². The van der Waals surface area contributed by atoms with Crippen molar-refractivity contribution in [2.75, 3.05) is 11.9 Å². The van der Waals surface area contributed by atoms with Crippen LogP contribution in [0.2, 0.25) is 0 Å². The Morgan fingerprint density at radius 1 is 1.62 bits per heavy atom. The molecule has 0 aromatic carbocycles. The van der Waals surface area contributed by atoms with Crippen LogP contribution in [0.3, 0.4) is 0 Å². The third-order valence-corrected chi connectivity index (χ3v) is 1.71. The van der Waals surface area contributed by atoms with Crippen LogP contribution in [0.15, 0.2) is 18.7 Å². The zero-order chi connectivity index (χ0) is 9.26. The van der Waals surface area contributed by atoms with E-state index in [0.29, 0.717) is 17.3 Å². The average molecular weight is 176 g/mol. The Labute approximate surface area is 75.2 Å². The number of nitrogens with one attached hydrogen (secondary N) is 1. The maximum atomic E-state index is 10.9. The molecule has 0 spiro atoms. The molecular weight excluding hydrogens is 168 g/mol. The van der Waals surface area contributed by atoms with Crippen molar-refractivity contribution in [3.63, 3.8) is 0 Å². The summed E-state index contributed by atoms with van der Waals surface area (Å²) >= 11 is 0. The highest BCUT2D eigenvalue weighted by Gasteiger charge is 2.16. The lowest BCUT2D eigenvalue weighted by Crippen LogP contribution is -2.26. The van der Waals surface area contributed by atoms with Crippen molar-refractivity contribution in [3.8, 4) is 5.75 Å². The Bertz CT molecular complexity index is 374. The van der Waals surface area contributed by atoms with Gasteiger partial charge in [0.05, 0.1) is 5.69 Å². The highest BCUT2D eigenvalue weighted by molar-refractivity contribution is 5.94. The van der Waals surface area contributed by atoms with Crippen molar-refractivity contribution in [1.29, 1.82) is 0 Å². The van der Waals surface area contributed by atoms with Crippen LogP contribution < -0.4 is 10.1 Å². The minimum Gasteiger partial charge on any atom is -0.480 e. The number of aromatic nitrogens is 1. The zero-order valence-electron chi connectivity index (χ0n) is 6.91. The fourth-order valence-electron chi connectivity index (χ4n) is 1.09. The van der Waals surface area contributed by atoms with Crippen LogP contribution in [0.1, 0.15) is 5.69 Å². The highest BCUT2D eigenvalue weighted by atomic mass is 16.5. The highest BCUT2D eigenvalue weighted by Crippen LogP contribution is 2.25. The number of carbonyl (C=O) groups excluding carboxylic acids is 1. The SMILES string of the molecule is C=Cc1ccc2c(n1)NC(=O)CO2. The fourth-order valence-corrected chi connectivity index (χ4v) is 1.09. The molecule has 66 valence electrons. The van der Waals surface area contributed by atoms with Gasteiger partial charge in [0.2, 0.25) is 0 Å². The third kappa shape index (κ3) is 1.38. The number of pyridine rings is 1. The summed E-state index contributed by atoms with van der Waals surface area (Å²) in [5.74, 6) is 0.889. The second-order valence-corrected chi connectivity index (χ2v) is 2.62. The van der Waals surface area contributed by atoms with Crippen LogP contribution in [0.4, 0.5) is 5.82 Å². The zero-order valence-corrected chi connectivity index (χ0v) is 6.91. The van der Waals surface area contributed by atoms with E-state index >= 15 is 0 Å². The summed E-state index contributed by atoms with van der Waals surface area (Å²) in [6.07, 6.45) is 1.61. The lowest BCUT2D eigenvalue weighted by atomic mass is 10.3. The molecule has 0 saturated carbocycles. The first kappa shape index (κ1) is 7.79. The fraction of sp³-hybridized carbons (Fsp3) is 0.111. The van der Waals surface area contributed by atoms with E-state index in [-0.39, 0.29) is 12.5 Å². The van der Waals surface area contributed by atoms with Gasteiger partial charge in [0, 0.05) is 0 Å². The molecule has 1 amide bonds. The summed E-state index contributed by atoms with van der Waals surface area (Å²) in [7, 11) is 0. The summed E-state index contributed by atoms with van der Waals surface area (Å²) in [5, 5.41) is 2.61. The molecule has 0 unspecified atom stereocenters. The Kier molecular flexibility index (Phi) is 1.73. The Morgan fingerprint density at radius 3 is 3.23 bits per heavy atom. The van der Waals surface area contributed by atoms with Gasteiger partial charge in [-0.05, 0) is 18.2 Å². The summed E-state index contributed by atoms with van der Waals surface area (Å²) in [5.41, 5.74) is 0.713. The topological polar surface area (TPSA) is 51.2 Å². The number of rotatable bonds is 1. The molecule has 0 radical (unpaired) electrons. The second-order valence-electron chi connectivity index (χ2n) is 2.62. The molecule has 0 atom stereocenters. The summed E-state index contributed by atoms with van der Waals surface area (Å²) in [4.78, 5) is 15.0. The van der Waals surface area contributed by atoms with Gasteiger partial charge in [-0.1, -0.05) is 6.58 Å². The van der Waals surface area contributed by atoms with Gasteiger partial charge >= 0.3 is 0 Å². The van der Waals surface area contributed by atoms with Gasteiger partial charge in [-0.25, -0.2) is 4.98 Å². The minimum atomic E-state index is -0.179. The molecule has 0 fully saturated rings. The lowest BCUT2D eigenvalue weighted by Gasteiger charge is -2.16. The molecule has 4 heteroatoms. The Hall–Kier alpha value is -1.84. The first-order valence-electron chi connectivity index (χ1n) is 3.86. The van der Waals surface area contributed by atoms with Crippen LogP contribution in [0.5, 0.6) is 5.75 Å². The number of hydrogen-bond donors (Lipinski definition) is 1. The number of amides is 1. The van der Waals surface area contributed by atoms with Crippen molar-refractivity contribution >= 4 is 17.8 Å². The van der Waals surface area contributed by atoms with E-state index < -0.39 is 0 Å². The van der Waals surface area contributed by atoms with Gasteiger partial charge < -0.3 is 10.1 Å². The molecule has 13 heavy (non-hydrogen) atoms. The van der Waals surface area contributed by atoms with Gasteiger partial charge in [-0.3, -0.25) is 4.79 Å². The number of fused-ring (bicyclic) bond motifs is 1. The van der Waals surface area contributed by atoms with E-state index in [9.17, 15) is 4.79 Å². The van der Waals surface area contributed by atoms with Crippen LogP contribution >= 0.6 is 0 Å². The predicted molar refractivity (Wildman–Crippen MR) is 48.5 cm³/mol. The van der Waals surface area contributed by atoms with Crippen LogP contribution in [0, 0.1) is 0 Å². The molecule has 0 bridgehead atoms. The molecule has 1 aromatic heterocycles. The molecule has 1 aromatic rings. The standard InChI is InChI=1S/C9H8N2O2/c1-2-6-3-4-7-9(10-6)11-8(12)5-13-7/h2-4H,1,5H2,(H,10,11,12). The van der Waals surface area contributed by atoms with Crippen molar-refractivity contribution in [2.24, 2.45) is 0 Å². The monoisotopic (exact) mass is 176 g/mol. The molecule has 2 heterocycles. The van der Waals surface area contributed by atoms with Crippen LogP contribution in [-0.4, -0.2) is 17.5 Å².